The number of guanidine groups is 1. The van der Waals surface area contributed by atoms with Gasteiger partial charge in [-0.15, -0.1) is 0 Å². The lowest BCUT2D eigenvalue weighted by Gasteiger charge is -2.35. The van der Waals surface area contributed by atoms with E-state index in [1.807, 2.05) is 23.1 Å². The molecule has 28 heavy (non-hydrogen) atoms. The number of amides is 1. The third kappa shape index (κ3) is 3.16. The molecule has 0 bridgehead atoms. The van der Waals surface area contributed by atoms with Gasteiger partial charge < -0.3 is 4.90 Å². The van der Waals surface area contributed by atoms with Crippen molar-refractivity contribution in [3.05, 3.63) is 81.5 Å². The fourth-order valence-electron chi connectivity index (χ4n) is 4.16. The van der Waals surface area contributed by atoms with E-state index in [1.165, 1.54) is 5.56 Å². The lowest BCUT2D eigenvalue weighted by molar-refractivity contribution is -0.125. The van der Waals surface area contributed by atoms with Crippen LogP contribution in [-0.2, 0) is 17.9 Å². The second kappa shape index (κ2) is 7.18. The molecule has 0 radical (unpaired) electrons. The Kier molecular flexibility index (Phi) is 4.53. The summed E-state index contributed by atoms with van der Waals surface area (Å²) in [5.41, 5.74) is 4.45. The van der Waals surface area contributed by atoms with Crippen LogP contribution in [0.4, 0.5) is 0 Å². The van der Waals surface area contributed by atoms with Crippen LogP contribution in [-0.4, -0.2) is 52.7 Å². The predicted octanol–water partition coefficient (Wildman–Crippen LogP) is 3.23. The zero-order valence-corrected chi connectivity index (χ0v) is 17.1. The van der Waals surface area contributed by atoms with Gasteiger partial charge in [-0.3, -0.25) is 19.6 Å². The van der Waals surface area contributed by atoms with Gasteiger partial charge in [-0.1, -0.05) is 58.4 Å². The smallest absolute Gasteiger partial charge is 0.259 e. The van der Waals surface area contributed by atoms with Crippen LogP contribution in [0.5, 0.6) is 0 Å². The highest BCUT2D eigenvalue weighted by atomic mass is 79.9. The number of hydrogen-bond acceptors (Lipinski definition) is 4. The minimum atomic E-state index is 0.102. The van der Waals surface area contributed by atoms with Crippen molar-refractivity contribution in [3.63, 3.8) is 0 Å². The normalized spacial score (nSPS) is 19.2. The van der Waals surface area contributed by atoms with E-state index in [1.54, 1.807) is 0 Å². The maximum Gasteiger partial charge on any atom is 0.259 e. The first-order chi connectivity index (χ1) is 13.7. The summed E-state index contributed by atoms with van der Waals surface area (Å²) in [6.45, 7) is 4.52. The molecule has 3 aliphatic rings. The highest BCUT2D eigenvalue weighted by Crippen LogP contribution is 2.32. The maximum absolute atomic E-state index is 13.3. The van der Waals surface area contributed by atoms with Gasteiger partial charge in [-0.25, -0.2) is 0 Å². The number of hydrogen-bond donors (Lipinski definition) is 0. The molecule has 3 heterocycles. The van der Waals surface area contributed by atoms with E-state index < -0.39 is 0 Å². The van der Waals surface area contributed by atoms with E-state index in [9.17, 15) is 4.79 Å². The average Bonchev–Trinajstić information content (AvgIpc) is 3.34. The van der Waals surface area contributed by atoms with Crippen molar-refractivity contribution in [2.45, 2.75) is 13.1 Å². The van der Waals surface area contributed by atoms with Gasteiger partial charge in [0.25, 0.3) is 5.91 Å². The van der Waals surface area contributed by atoms with Crippen LogP contribution < -0.4 is 0 Å². The molecular weight excluding hydrogens is 416 g/mol. The third-order valence-corrected chi connectivity index (χ3v) is 6.02. The Labute approximate surface area is 173 Å². The number of aliphatic imine (C=N–C) groups is 1. The average molecular weight is 437 g/mol. The molecule has 3 aliphatic heterocycles. The zero-order chi connectivity index (χ0) is 19.1. The van der Waals surface area contributed by atoms with Crippen LogP contribution in [0.2, 0.25) is 0 Å². The summed E-state index contributed by atoms with van der Waals surface area (Å²) in [6.07, 6.45) is 0. The highest BCUT2D eigenvalue weighted by molar-refractivity contribution is 9.10. The van der Waals surface area contributed by atoms with E-state index in [4.69, 9.17) is 0 Å². The number of rotatable bonds is 4. The molecule has 0 fully saturated rings. The summed E-state index contributed by atoms with van der Waals surface area (Å²) in [4.78, 5) is 24.4. The van der Waals surface area contributed by atoms with Gasteiger partial charge in [0.05, 0.1) is 18.7 Å². The summed E-state index contributed by atoms with van der Waals surface area (Å²) in [5.74, 6) is 0.915. The van der Waals surface area contributed by atoms with Crippen LogP contribution in [0.1, 0.15) is 11.1 Å². The molecule has 5 nitrogen and oxygen atoms in total. The monoisotopic (exact) mass is 436 g/mol. The maximum atomic E-state index is 13.3. The van der Waals surface area contributed by atoms with Crippen molar-refractivity contribution in [2.75, 3.05) is 26.2 Å². The van der Waals surface area contributed by atoms with Crippen molar-refractivity contribution in [2.24, 2.45) is 4.99 Å². The van der Waals surface area contributed by atoms with Crippen molar-refractivity contribution >= 4 is 27.8 Å². The Balaban J connectivity index is 1.39. The lowest BCUT2D eigenvalue weighted by Crippen LogP contribution is -2.49. The first kappa shape index (κ1) is 17.6. The van der Waals surface area contributed by atoms with E-state index in [2.05, 4.69) is 67.1 Å². The van der Waals surface area contributed by atoms with Crippen LogP contribution >= 0.6 is 15.9 Å². The Bertz CT molecular complexity index is 968. The molecule has 0 atom stereocenters. The third-order valence-electron chi connectivity index (χ3n) is 5.50. The minimum Gasteiger partial charge on any atom is -0.312 e. The number of nitrogens with zero attached hydrogens (tertiary/aromatic N) is 4. The van der Waals surface area contributed by atoms with Gasteiger partial charge in [0, 0.05) is 36.3 Å². The SMILES string of the molecule is O=C1C2=C(CN(Cc3ccccc3)C2)N2CCN=C2N1Cc1ccc(Br)cc1. The molecule has 0 aromatic heterocycles. The second-order valence-corrected chi connectivity index (χ2v) is 8.32. The molecule has 0 spiro atoms. The zero-order valence-electron chi connectivity index (χ0n) is 15.5. The number of halogens is 1. The number of carbonyl (C=O) groups excluding carboxylic acids is 1. The first-order valence-electron chi connectivity index (χ1n) is 9.55. The second-order valence-electron chi connectivity index (χ2n) is 7.41. The fourth-order valence-corrected chi connectivity index (χ4v) is 4.43. The molecule has 0 N–H and O–H groups in total. The van der Waals surface area contributed by atoms with Crippen LogP contribution in [0.3, 0.4) is 0 Å². The molecule has 0 unspecified atom stereocenters. The van der Waals surface area contributed by atoms with Gasteiger partial charge in [0.1, 0.15) is 0 Å². The van der Waals surface area contributed by atoms with Gasteiger partial charge in [-0.2, -0.15) is 0 Å². The summed E-state index contributed by atoms with van der Waals surface area (Å²) in [5, 5.41) is 0. The van der Waals surface area contributed by atoms with E-state index in [0.29, 0.717) is 13.1 Å². The molecule has 142 valence electrons. The fraction of sp³-hybridized carbons (Fsp3) is 0.273. The Morgan fingerprint density at radius 1 is 0.929 bits per heavy atom. The highest BCUT2D eigenvalue weighted by Gasteiger charge is 2.42. The summed E-state index contributed by atoms with van der Waals surface area (Å²) >= 11 is 3.47. The van der Waals surface area contributed by atoms with E-state index in [-0.39, 0.29) is 5.91 Å². The summed E-state index contributed by atoms with van der Waals surface area (Å²) in [6, 6.07) is 18.6. The Morgan fingerprint density at radius 3 is 2.46 bits per heavy atom. The van der Waals surface area contributed by atoms with Crippen molar-refractivity contribution < 1.29 is 4.79 Å². The van der Waals surface area contributed by atoms with E-state index >= 15 is 0 Å². The van der Waals surface area contributed by atoms with Crippen LogP contribution in [0.15, 0.2) is 75.3 Å². The number of benzene rings is 2. The van der Waals surface area contributed by atoms with Crippen molar-refractivity contribution in [1.29, 1.82) is 0 Å². The molecular formula is C22H21BrN4O. The topological polar surface area (TPSA) is 39.2 Å². The molecule has 2 aromatic carbocycles. The standard InChI is InChI=1S/C22H21BrN4O/c23-18-8-6-17(7-9-18)13-27-21(28)19-14-25(12-16-4-2-1-3-5-16)15-20(19)26-11-10-24-22(26)27/h1-9H,10-15H2. The molecule has 5 rings (SSSR count). The molecule has 2 aromatic rings. The Hall–Kier alpha value is -2.44. The Morgan fingerprint density at radius 2 is 1.68 bits per heavy atom. The molecule has 6 heteroatoms. The lowest BCUT2D eigenvalue weighted by atomic mass is 10.1. The molecule has 0 aliphatic carbocycles. The van der Waals surface area contributed by atoms with Gasteiger partial charge >= 0.3 is 0 Å². The van der Waals surface area contributed by atoms with Crippen molar-refractivity contribution in [1.82, 2.24) is 14.7 Å². The van der Waals surface area contributed by atoms with Crippen LogP contribution in [0.25, 0.3) is 0 Å². The quantitative estimate of drug-likeness (QED) is 0.738. The predicted molar refractivity (Wildman–Crippen MR) is 112 cm³/mol. The molecule has 0 saturated carbocycles. The largest absolute Gasteiger partial charge is 0.312 e. The van der Waals surface area contributed by atoms with Crippen LogP contribution in [0, 0.1) is 0 Å². The van der Waals surface area contributed by atoms with E-state index in [0.717, 1.165) is 53.4 Å². The van der Waals surface area contributed by atoms with Gasteiger partial charge in [0.2, 0.25) is 5.96 Å². The molecule has 0 saturated heterocycles. The minimum absolute atomic E-state index is 0.102. The van der Waals surface area contributed by atoms with Gasteiger partial charge in [-0.05, 0) is 23.3 Å². The van der Waals surface area contributed by atoms with Crippen molar-refractivity contribution in [3.8, 4) is 0 Å². The molecule has 1 amide bonds. The summed E-state index contributed by atoms with van der Waals surface area (Å²) in [7, 11) is 0. The van der Waals surface area contributed by atoms with Gasteiger partial charge in [0.15, 0.2) is 0 Å². The first-order valence-corrected chi connectivity index (χ1v) is 10.3. The summed E-state index contributed by atoms with van der Waals surface area (Å²) < 4.78 is 1.04. The number of carbonyl (C=O) groups is 1. The number of fused-ring (bicyclic) bond motifs is 2.